The van der Waals surface area contributed by atoms with Crippen LogP contribution in [0, 0.1) is 0 Å². The van der Waals surface area contributed by atoms with Crippen molar-refractivity contribution in [3.05, 3.63) is 29.8 Å². The minimum atomic E-state index is -1.05. The molecule has 0 aliphatic rings. The van der Waals surface area contributed by atoms with Crippen molar-refractivity contribution in [1.82, 2.24) is 0 Å². The maximum absolute atomic E-state index is 11.9. The fourth-order valence-electron chi connectivity index (χ4n) is 1.26. The van der Waals surface area contributed by atoms with Gasteiger partial charge in [-0.05, 0) is 24.1 Å². The van der Waals surface area contributed by atoms with Gasteiger partial charge in [0, 0.05) is 0 Å². The van der Waals surface area contributed by atoms with Crippen LogP contribution in [-0.2, 0) is 11.2 Å². The molecule has 1 aromatic carbocycles. The molecule has 0 saturated heterocycles. The highest BCUT2D eigenvalue weighted by Gasteiger charge is 2.12. The monoisotopic (exact) mass is 227 g/mol. The van der Waals surface area contributed by atoms with Crippen LogP contribution >= 0.6 is 0 Å². The summed E-state index contributed by atoms with van der Waals surface area (Å²) in [5, 5.41) is 8.65. The summed E-state index contributed by atoms with van der Waals surface area (Å²) in [7, 11) is 0. The van der Waals surface area contributed by atoms with Crippen molar-refractivity contribution < 1.29 is 19.0 Å². The lowest BCUT2D eigenvalue weighted by Crippen LogP contribution is -2.32. The third-order valence-corrected chi connectivity index (χ3v) is 2.02. The van der Waals surface area contributed by atoms with E-state index >= 15 is 0 Å². The minimum Gasteiger partial charge on any atom is -0.491 e. The predicted molar refractivity (Wildman–Crippen MR) is 57.2 cm³/mol. The molecule has 0 fully saturated rings. The lowest BCUT2D eigenvalue weighted by Gasteiger charge is -2.08. The number of rotatable bonds is 6. The molecule has 5 heteroatoms. The zero-order valence-corrected chi connectivity index (χ0v) is 8.73. The van der Waals surface area contributed by atoms with Crippen molar-refractivity contribution in [2.24, 2.45) is 5.73 Å². The standard InChI is InChI=1S/C11H14FNO3/c12-4-5-16-9-3-1-2-8(6-9)7-10(13)11(14)15/h1-3,6,10H,4-5,7,13H2,(H,14,15). The lowest BCUT2D eigenvalue weighted by molar-refractivity contribution is -0.138. The van der Waals surface area contributed by atoms with Crippen LogP contribution in [0.4, 0.5) is 4.39 Å². The smallest absolute Gasteiger partial charge is 0.320 e. The van der Waals surface area contributed by atoms with Crippen LogP contribution < -0.4 is 10.5 Å². The highest BCUT2D eigenvalue weighted by molar-refractivity contribution is 5.73. The van der Waals surface area contributed by atoms with Crippen molar-refractivity contribution in [3.8, 4) is 5.75 Å². The van der Waals surface area contributed by atoms with Crippen molar-refractivity contribution >= 4 is 5.97 Å². The number of hydrogen-bond acceptors (Lipinski definition) is 3. The SMILES string of the molecule is NC(Cc1cccc(OCCF)c1)C(=O)O. The minimum absolute atomic E-state index is 0.00552. The van der Waals surface area contributed by atoms with Gasteiger partial charge >= 0.3 is 5.97 Å². The molecular weight excluding hydrogens is 213 g/mol. The molecule has 16 heavy (non-hydrogen) atoms. The Balaban J connectivity index is 2.63. The number of ether oxygens (including phenoxy) is 1. The maximum atomic E-state index is 11.9. The van der Waals surface area contributed by atoms with Gasteiger partial charge in [-0.3, -0.25) is 4.79 Å². The Kier molecular flexibility index (Phi) is 4.72. The van der Waals surface area contributed by atoms with Gasteiger partial charge in [-0.2, -0.15) is 0 Å². The number of carbonyl (C=O) groups is 1. The van der Waals surface area contributed by atoms with Gasteiger partial charge in [-0.25, -0.2) is 4.39 Å². The zero-order chi connectivity index (χ0) is 12.0. The van der Waals surface area contributed by atoms with Gasteiger partial charge in [0.15, 0.2) is 0 Å². The van der Waals surface area contributed by atoms with E-state index in [4.69, 9.17) is 15.6 Å². The zero-order valence-electron chi connectivity index (χ0n) is 8.73. The van der Waals surface area contributed by atoms with E-state index in [0.29, 0.717) is 5.75 Å². The van der Waals surface area contributed by atoms with E-state index < -0.39 is 18.7 Å². The summed E-state index contributed by atoms with van der Waals surface area (Å²) < 4.78 is 16.9. The Labute approximate surface area is 92.8 Å². The van der Waals surface area contributed by atoms with E-state index in [-0.39, 0.29) is 13.0 Å². The number of benzene rings is 1. The molecule has 0 aliphatic heterocycles. The van der Waals surface area contributed by atoms with E-state index in [1.54, 1.807) is 24.3 Å². The van der Waals surface area contributed by atoms with Crippen molar-refractivity contribution in [2.75, 3.05) is 13.3 Å². The first kappa shape index (κ1) is 12.4. The molecule has 0 aliphatic carbocycles. The van der Waals surface area contributed by atoms with Crippen LogP contribution in [0.5, 0.6) is 5.75 Å². The fraction of sp³-hybridized carbons (Fsp3) is 0.364. The number of aliphatic carboxylic acids is 1. The second-order valence-corrected chi connectivity index (χ2v) is 3.33. The van der Waals surface area contributed by atoms with E-state index in [0.717, 1.165) is 5.56 Å². The molecule has 0 bridgehead atoms. The number of alkyl halides is 1. The van der Waals surface area contributed by atoms with Crippen LogP contribution in [0.25, 0.3) is 0 Å². The first-order valence-corrected chi connectivity index (χ1v) is 4.89. The topological polar surface area (TPSA) is 72.5 Å². The molecule has 1 rings (SSSR count). The summed E-state index contributed by atoms with van der Waals surface area (Å²) in [6.45, 7) is -0.562. The highest BCUT2D eigenvalue weighted by Crippen LogP contribution is 2.14. The van der Waals surface area contributed by atoms with Crippen LogP contribution in [0.1, 0.15) is 5.56 Å². The third kappa shape index (κ3) is 3.86. The second kappa shape index (κ2) is 6.07. The molecule has 1 aromatic rings. The average Bonchev–Trinajstić information content (AvgIpc) is 2.26. The maximum Gasteiger partial charge on any atom is 0.320 e. The van der Waals surface area contributed by atoms with Gasteiger partial charge in [0.25, 0.3) is 0 Å². The van der Waals surface area contributed by atoms with E-state index in [1.807, 2.05) is 0 Å². The molecule has 3 N–H and O–H groups in total. The molecule has 1 unspecified atom stereocenters. The molecule has 4 nitrogen and oxygen atoms in total. The molecule has 0 amide bonds. The quantitative estimate of drug-likeness (QED) is 0.760. The molecule has 0 saturated carbocycles. The summed E-state index contributed by atoms with van der Waals surface area (Å²) in [6.07, 6.45) is 0.224. The third-order valence-electron chi connectivity index (χ3n) is 2.02. The van der Waals surface area contributed by atoms with Gasteiger partial charge in [-0.15, -0.1) is 0 Å². The van der Waals surface area contributed by atoms with Gasteiger partial charge in [0.05, 0.1) is 0 Å². The van der Waals surface area contributed by atoms with Crippen LogP contribution in [0.3, 0.4) is 0 Å². The van der Waals surface area contributed by atoms with Gasteiger partial charge in [0.2, 0.25) is 0 Å². The first-order valence-electron chi connectivity index (χ1n) is 4.89. The largest absolute Gasteiger partial charge is 0.491 e. The van der Waals surface area contributed by atoms with Gasteiger partial charge < -0.3 is 15.6 Å². The van der Waals surface area contributed by atoms with Crippen LogP contribution in [0.2, 0.25) is 0 Å². The number of halogens is 1. The molecule has 1 atom stereocenters. The van der Waals surface area contributed by atoms with Gasteiger partial charge in [0.1, 0.15) is 25.1 Å². The Morgan fingerprint density at radius 3 is 2.94 bits per heavy atom. The summed E-state index contributed by atoms with van der Waals surface area (Å²) in [4.78, 5) is 10.6. The van der Waals surface area contributed by atoms with E-state index in [1.165, 1.54) is 0 Å². The molecule has 0 aromatic heterocycles. The van der Waals surface area contributed by atoms with Crippen molar-refractivity contribution in [3.63, 3.8) is 0 Å². The fourth-order valence-corrected chi connectivity index (χ4v) is 1.26. The Hall–Kier alpha value is -1.62. The average molecular weight is 227 g/mol. The Bertz CT molecular complexity index is 357. The van der Waals surface area contributed by atoms with Crippen LogP contribution in [-0.4, -0.2) is 30.4 Å². The summed E-state index contributed by atoms with van der Waals surface area (Å²) >= 11 is 0. The second-order valence-electron chi connectivity index (χ2n) is 3.33. The summed E-state index contributed by atoms with van der Waals surface area (Å²) in [6, 6.07) is 5.89. The lowest BCUT2D eigenvalue weighted by atomic mass is 10.1. The number of hydrogen-bond donors (Lipinski definition) is 2. The molecule has 0 spiro atoms. The normalized spacial score (nSPS) is 12.1. The number of carboxylic acids is 1. The van der Waals surface area contributed by atoms with E-state index in [2.05, 4.69) is 0 Å². The molecule has 0 radical (unpaired) electrons. The highest BCUT2D eigenvalue weighted by atomic mass is 19.1. The summed E-state index contributed by atoms with van der Waals surface area (Å²) in [5.41, 5.74) is 6.15. The Morgan fingerprint density at radius 1 is 1.56 bits per heavy atom. The van der Waals surface area contributed by atoms with Crippen LogP contribution in [0.15, 0.2) is 24.3 Å². The predicted octanol–water partition coefficient (Wildman–Crippen LogP) is 0.989. The van der Waals surface area contributed by atoms with Gasteiger partial charge in [-0.1, -0.05) is 12.1 Å². The Morgan fingerprint density at radius 2 is 2.31 bits per heavy atom. The summed E-state index contributed by atoms with van der Waals surface area (Å²) in [5.74, 6) is -0.525. The molecule has 0 heterocycles. The molecule has 88 valence electrons. The van der Waals surface area contributed by atoms with Crippen molar-refractivity contribution in [2.45, 2.75) is 12.5 Å². The number of carboxylic acid groups (broad SMARTS) is 1. The van der Waals surface area contributed by atoms with E-state index in [9.17, 15) is 9.18 Å². The first-order chi connectivity index (χ1) is 7.63. The molecular formula is C11H14FNO3. The van der Waals surface area contributed by atoms with Crippen molar-refractivity contribution in [1.29, 1.82) is 0 Å². The number of nitrogens with two attached hydrogens (primary N) is 1.